The minimum atomic E-state index is 0.596. The number of pyridine rings is 1. The zero-order valence-corrected chi connectivity index (χ0v) is 30.1. The first-order chi connectivity index (χ1) is 27.8. The molecule has 260 valence electrons. The molecule has 12 rings (SSSR count). The topological polar surface area (TPSA) is 48.5 Å². The van der Waals surface area contributed by atoms with Gasteiger partial charge in [0.05, 0.1) is 27.8 Å². The van der Waals surface area contributed by atoms with E-state index in [2.05, 4.69) is 185 Å². The van der Waals surface area contributed by atoms with Crippen molar-refractivity contribution in [1.29, 1.82) is 0 Å². The van der Waals surface area contributed by atoms with Crippen molar-refractivity contribution >= 4 is 76.2 Å². The molecule has 0 unspecified atom stereocenters. The molecule has 0 radical (unpaired) electrons. The van der Waals surface area contributed by atoms with Crippen LogP contribution in [0.4, 0.5) is 0 Å². The first-order valence-corrected chi connectivity index (χ1v) is 19.0. The lowest BCUT2D eigenvalue weighted by Crippen LogP contribution is -2.04. The summed E-state index contributed by atoms with van der Waals surface area (Å²) in [6, 6.07) is 65.0. The fraction of sp³-hybridized carbons (Fsp3) is 0. The summed E-state index contributed by atoms with van der Waals surface area (Å²) >= 11 is 0. The van der Waals surface area contributed by atoms with E-state index in [1.165, 1.54) is 43.7 Å². The van der Waals surface area contributed by atoms with E-state index in [1.807, 2.05) is 12.3 Å². The first-order valence-electron chi connectivity index (χ1n) is 19.0. The monoisotopic (exact) mass is 713 g/mol. The Balaban J connectivity index is 1.15. The molecule has 4 aromatic heterocycles. The molecule has 4 heterocycles. The van der Waals surface area contributed by atoms with Crippen LogP contribution in [0, 0.1) is 0 Å². The maximum atomic E-state index is 5.45. The molecule has 5 heteroatoms. The van der Waals surface area contributed by atoms with Gasteiger partial charge in [-0.25, -0.2) is 9.97 Å². The van der Waals surface area contributed by atoms with Gasteiger partial charge in [0.1, 0.15) is 0 Å². The molecule has 0 amide bonds. The van der Waals surface area contributed by atoms with Crippen LogP contribution in [0.3, 0.4) is 0 Å². The van der Waals surface area contributed by atoms with Crippen molar-refractivity contribution in [1.82, 2.24) is 24.1 Å². The molecule has 8 aromatic carbocycles. The van der Waals surface area contributed by atoms with Crippen LogP contribution in [0.5, 0.6) is 0 Å². The Bertz CT molecular complexity index is 3540. The van der Waals surface area contributed by atoms with E-state index in [0.29, 0.717) is 11.6 Å². The highest BCUT2D eigenvalue weighted by Gasteiger charge is 2.22. The summed E-state index contributed by atoms with van der Waals surface area (Å²) in [6.45, 7) is 0. The average Bonchev–Trinajstić information content (AvgIpc) is 3.78. The van der Waals surface area contributed by atoms with E-state index in [9.17, 15) is 0 Å². The Morgan fingerprint density at radius 2 is 1.02 bits per heavy atom. The van der Waals surface area contributed by atoms with Crippen LogP contribution in [0.15, 0.2) is 188 Å². The Labute approximate surface area is 321 Å². The Morgan fingerprint density at radius 1 is 0.375 bits per heavy atom. The smallest absolute Gasteiger partial charge is 0.237 e. The van der Waals surface area contributed by atoms with Crippen molar-refractivity contribution in [2.75, 3.05) is 0 Å². The second-order valence-electron chi connectivity index (χ2n) is 14.4. The summed E-state index contributed by atoms with van der Waals surface area (Å²) in [7, 11) is 0. The van der Waals surface area contributed by atoms with Gasteiger partial charge in [-0.05, 0) is 81.9 Å². The van der Waals surface area contributed by atoms with Crippen LogP contribution in [-0.4, -0.2) is 24.1 Å². The number of rotatable bonds is 4. The van der Waals surface area contributed by atoms with Gasteiger partial charge in [0, 0.05) is 49.8 Å². The highest BCUT2D eigenvalue weighted by molar-refractivity contribution is 6.22. The van der Waals surface area contributed by atoms with Gasteiger partial charge < -0.3 is 4.57 Å². The van der Waals surface area contributed by atoms with Crippen LogP contribution in [0.2, 0.25) is 0 Å². The lowest BCUT2D eigenvalue weighted by atomic mass is 9.94. The molecule has 0 aliphatic carbocycles. The summed E-state index contributed by atoms with van der Waals surface area (Å²) in [5.41, 5.74) is 10.6. The van der Waals surface area contributed by atoms with Gasteiger partial charge in [0.15, 0.2) is 5.65 Å². The van der Waals surface area contributed by atoms with Crippen molar-refractivity contribution in [3.63, 3.8) is 0 Å². The van der Waals surface area contributed by atoms with E-state index < -0.39 is 0 Å². The number of benzene rings is 8. The van der Waals surface area contributed by atoms with E-state index in [4.69, 9.17) is 15.0 Å². The van der Waals surface area contributed by atoms with Crippen LogP contribution in [0.1, 0.15) is 0 Å². The van der Waals surface area contributed by atoms with Crippen molar-refractivity contribution in [3.05, 3.63) is 188 Å². The number of aromatic nitrogens is 5. The van der Waals surface area contributed by atoms with Gasteiger partial charge in [-0.3, -0.25) is 4.57 Å². The molecule has 12 aromatic rings. The van der Waals surface area contributed by atoms with Gasteiger partial charge >= 0.3 is 0 Å². The Hall–Kier alpha value is -7.63. The third kappa shape index (κ3) is 4.46. The van der Waals surface area contributed by atoms with Gasteiger partial charge in [-0.2, -0.15) is 4.98 Å². The van der Waals surface area contributed by atoms with E-state index in [0.717, 1.165) is 54.9 Å². The maximum Gasteiger partial charge on any atom is 0.237 e. The second kappa shape index (κ2) is 11.9. The lowest BCUT2D eigenvalue weighted by molar-refractivity contribution is 1.01. The largest absolute Gasteiger partial charge is 0.309 e. The quantitative estimate of drug-likeness (QED) is 0.182. The van der Waals surface area contributed by atoms with Gasteiger partial charge in [-0.1, -0.05) is 127 Å². The van der Waals surface area contributed by atoms with Crippen LogP contribution in [-0.2, 0) is 0 Å². The second-order valence-corrected chi connectivity index (χ2v) is 14.4. The molecular formula is C51H31N5. The molecule has 0 N–H and O–H groups in total. The number of para-hydroxylation sites is 3. The maximum absolute atomic E-state index is 5.45. The summed E-state index contributed by atoms with van der Waals surface area (Å²) < 4.78 is 4.62. The zero-order chi connectivity index (χ0) is 36.7. The fourth-order valence-electron chi connectivity index (χ4n) is 8.95. The molecule has 0 fully saturated rings. The molecule has 0 aliphatic rings. The number of nitrogens with zero attached hydrogens (tertiary/aromatic N) is 5. The molecule has 0 atom stereocenters. The molecule has 5 nitrogen and oxygen atoms in total. The first kappa shape index (κ1) is 30.8. The average molecular weight is 714 g/mol. The number of hydrogen-bond acceptors (Lipinski definition) is 3. The highest BCUT2D eigenvalue weighted by Crippen LogP contribution is 2.43. The fourth-order valence-corrected chi connectivity index (χ4v) is 8.95. The summed E-state index contributed by atoms with van der Waals surface area (Å²) in [6.07, 6.45) is 1.81. The van der Waals surface area contributed by atoms with Gasteiger partial charge in [0.2, 0.25) is 5.95 Å². The van der Waals surface area contributed by atoms with Crippen LogP contribution < -0.4 is 0 Å². The van der Waals surface area contributed by atoms with Crippen molar-refractivity contribution in [2.24, 2.45) is 0 Å². The third-order valence-electron chi connectivity index (χ3n) is 11.4. The molecular weight excluding hydrogens is 683 g/mol. The van der Waals surface area contributed by atoms with Crippen molar-refractivity contribution in [2.45, 2.75) is 0 Å². The Morgan fingerprint density at radius 3 is 1.86 bits per heavy atom. The van der Waals surface area contributed by atoms with Crippen molar-refractivity contribution in [3.8, 4) is 34.0 Å². The minimum absolute atomic E-state index is 0.596. The van der Waals surface area contributed by atoms with Crippen LogP contribution in [0.25, 0.3) is 110 Å². The molecule has 56 heavy (non-hydrogen) atoms. The SMILES string of the molecule is c1ccc(-n2c3ccccc3c3cc(-c4cc5c6ccccc6n(-c6nc(-c7cccc8ccccc78)c7cccnc7n6)c5c5ccccc45)ccc32)cc1. The van der Waals surface area contributed by atoms with Gasteiger partial charge in [-0.15, -0.1) is 0 Å². The molecule has 0 spiro atoms. The molecule has 0 saturated heterocycles. The van der Waals surface area contributed by atoms with Crippen molar-refractivity contribution < 1.29 is 0 Å². The van der Waals surface area contributed by atoms with E-state index >= 15 is 0 Å². The molecule has 0 bridgehead atoms. The standard InChI is InChI=1S/C51H31N5/c1-2-16-34(17-3-1)55-45-25-10-8-20-37(45)43-30-33(27-28-47(43)55)42-31-44-38-21-9-11-26-46(38)56(49(44)40-22-7-6-19-36(40)42)51-53-48(41-24-13-29-52-50(41)54-51)39-23-12-15-32-14-4-5-18-35(32)39/h1-31H. The normalized spacial score (nSPS) is 11.9. The van der Waals surface area contributed by atoms with Gasteiger partial charge in [0.25, 0.3) is 0 Å². The number of hydrogen-bond donors (Lipinski definition) is 0. The summed E-state index contributed by atoms with van der Waals surface area (Å²) in [4.78, 5) is 15.4. The highest BCUT2D eigenvalue weighted by atomic mass is 15.2. The minimum Gasteiger partial charge on any atom is -0.309 e. The van der Waals surface area contributed by atoms with E-state index in [-0.39, 0.29) is 0 Å². The predicted molar refractivity (Wildman–Crippen MR) is 232 cm³/mol. The summed E-state index contributed by atoms with van der Waals surface area (Å²) in [5.74, 6) is 0.596. The van der Waals surface area contributed by atoms with E-state index in [1.54, 1.807) is 0 Å². The predicted octanol–water partition coefficient (Wildman–Crippen LogP) is 12.9. The molecule has 0 saturated carbocycles. The van der Waals surface area contributed by atoms with Crippen LogP contribution >= 0.6 is 0 Å². The summed E-state index contributed by atoms with van der Waals surface area (Å²) in [5, 5.41) is 10.3. The lowest BCUT2D eigenvalue weighted by Gasteiger charge is -2.14. The molecule has 0 aliphatic heterocycles. The Kier molecular flexibility index (Phi) is 6.56. The number of fused-ring (bicyclic) bond motifs is 10. The zero-order valence-electron chi connectivity index (χ0n) is 30.1. The third-order valence-corrected chi connectivity index (χ3v) is 11.4.